The Morgan fingerprint density at radius 1 is 1.29 bits per heavy atom. The molecule has 0 radical (unpaired) electrons. The number of H-pyrrole nitrogens is 1. The molecule has 0 aliphatic carbocycles. The van der Waals surface area contributed by atoms with Gasteiger partial charge in [0.2, 0.25) is 5.91 Å². The van der Waals surface area contributed by atoms with E-state index in [1.54, 1.807) is 12.1 Å². The van der Waals surface area contributed by atoms with E-state index in [2.05, 4.69) is 30.3 Å². The number of nitrogens with zero attached hydrogens (tertiary/aromatic N) is 4. The summed E-state index contributed by atoms with van der Waals surface area (Å²) in [7, 11) is 0. The van der Waals surface area contributed by atoms with Crippen molar-refractivity contribution < 1.29 is 13.9 Å². The first-order chi connectivity index (χ1) is 20.2. The van der Waals surface area contributed by atoms with E-state index in [-0.39, 0.29) is 22.8 Å². The van der Waals surface area contributed by atoms with Crippen molar-refractivity contribution in [1.82, 2.24) is 19.9 Å². The monoisotopic (exact) mass is 593 g/mol. The fourth-order valence-electron chi connectivity index (χ4n) is 6.10. The van der Waals surface area contributed by atoms with Crippen molar-refractivity contribution in [2.75, 3.05) is 44.3 Å². The molecule has 2 saturated heterocycles. The summed E-state index contributed by atoms with van der Waals surface area (Å²) < 4.78 is 12.0. The maximum absolute atomic E-state index is 13.0. The fraction of sp³-hybridized carbons (Fsp3) is 0.500. The number of halogens is 1. The highest BCUT2D eigenvalue weighted by Crippen LogP contribution is 2.38. The highest BCUT2D eigenvalue weighted by molar-refractivity contribution is 6.30. The summed E-state index contributed by atoms with van der Waals surface area (Å²) in [6.45, 7) is 13.8. The van der Waals surface area contributed by atoms with Crippen LogP contribution in [0.25, 0.3) is 23.3 Å². The Labute approximate surface area is 251 Å². The number of furan rings is 1. The van der Waals surface area contributed by atoms with Gasteiger partial charge in [-0.25, -0.2) is 9.97 Å². The summed E-state index contributed by atoms with van der Waals surface area (Å²) in [5, 5.41) is 0.510. The molecular formula is C32H40ClN5O4. The van der Waals surface area contributed by atoms with E-state index in [0.29, 0.717) is 73.3 Å². The van der Waals surface area contributed by atoms with Crippen LogP contribution in [0.3, 0.4) is 0 Å². The number of nitrogens with one attached hydrogen (secondary N) is 1. The van der Waals surface area contributed by atoms with Crippen LogP contribution in [0.1, 0.15) is 69.2 Å². The maximum atomic E-state index is 13.0. The predicted molar refractivity (Wildman–Crippen MR) is 167 cm³/mol. The third-order valence-electron chi connectivity index (χ3n) is 8.80. The molecule has 3 aromatic rings. The SMILES string of the molecule is C=Cc1oc2c(N3CCCC3)nc(CCOCCC(=O)N3CCC(C)(c4cc(Cl)c[nH]c4=O)C(C)C3)nc2c1/C=C\C. The number of hydrogen-bond donors (Lipinski definition) is 1. The lowest BCUT2D eigenvalue weighted by Crippen LogP contribution is -2.51. The number of likely N-dealkylation sites (tertiary alicyclic amines) is 1. The van der Waals surface area contributed by atoms with Crippen LogP contribution >= 0.6 is 11.6 Å². The molecule has 1 N–H and O–H groups in total. The zero-order valence-electron chi connectivity index (χ0n) is 24.7. The van der Waals surface area contributed by atoms with Gasteiger partial charge in [-0.1, -0.05) is 44.2 Å². The molecule has 0 saturated carbocycles. The number of aromatic amines is 1. The third-order valence-corrected chi connectivity index (χ3v) is 9.02. The number of allylic oxidation sites excluding steroid dienone is 1. The Morgan fingerprint density at radius 2 is 2.07 bits per heavy atom. The number of amides is 1. The van der Waals surface area contributed by atoms with Crippen LogP contribution in [0.5, 0.6) is 0 Å². The lowest BCUT2D eigenvalue weighted by atomic mass is 9.68. The number of carbonyl (C=O) groups is 1. The Bertz CT molecular complexity index is 1540. The molecule has 0 bridgehead atoms. The number of pyridine rings is 1. The third kappa shape index (κ3) is 6.03. The Morgan fingerprint density at radius 3 is 2.79 bits per heavy atom. The maximum Gasteiger partial charge on any atom is 0.251 e. The Balaban J connectivity index is 1.18. The molecule has 1 amide bonds. The molecule has 2 atom stereocenters. The van der Waals surface area contributed by atoms with E-state index < -0.39 is 0 Å². The minimum atomic E-state index is -0.352. The van der Waals surface area contributed by atoms with E-state index in [4.69, 9.17) is 30.7 Å². The van der Waals surface area contributed by atoms with E-state index in [1.165, 1.54) is 6.20 Å². The zero-order valence-corrected chi connectivity index (χ0v) is 25.5. The van der Waals surface area contributed by atoms with Crippen LogP contribution in [0.2, 0.25) is 5.02 Å². The largest absolute Gasteiger partial charge is 0.450 e. The molecule has 224 valence electrons. The fourth-order valence-corrected chi connectivity index (χ4v) is 6.27. The highest BCUT2D eigenvalue weighted by Gasteiger charge is 2.41. The van der Waals surface area contributed by atoms with Crippen molar-refractivity contribution in [3.63, 3.8) is 0 Å². The predicted octanol–water partition coefficient (Wildman–Crippen LogP) is 5.62. The second-order valence-corrected chi connectivity index (χ2v) is 11.9. The average Bonchev–Trinajstić information content (AvgIpc) is 3.64. The molecule has 9 nitrogen and oxygen atoms in total. The summed E-state index contributed by atoms with van der Waals surface area (Å²) in [6, 6.07) is 1.75. The summed E-state index contributed by atoms with van der Waals surface area (Å²) >= 11 is 6.17. The van der Waals surface area contributed by atoms with Crippen molar-refractivity contribution >= 4 is 46.6 Å². The van der Waals surface area contributed by atoms with Crippen LogP contribution < -0.4 is 10.5 Å². The first-order valence-electron chi connectivity index (χ1n) is 14.8. The molecule has 3 aromatic heterocycles. The van der Waals surface area contributed by atoms with Gasteiger partial charge in [-0.2, -0.15) is 0 Å². The van der Waals surface area contributed by atoms with Gasteiger partial charge in [-0.15, -0.1) is 0 Å². The van der Waals surface area contributed by atoms with Gasteiger partial charge < -0.3 is 23.9 Å². The minimum absolute atomic E-state index is 0.0595. The van der Waals surface area contributed by atoms with Crippen LogP contribution in [0.4, 0.5) is 5.82 Å². The number of piperidine rings is 1. The number of aromatic nitrogens is 3. The van der Waals surface area contributed by atoms with E-state index in [1.807, 2.05) is 24.0 Å². The molecule has 2 aliphatic heterocycles. The summed E-state index contributed by atoms with van der Waals surface area (Å²) in [5.74, 6) is 2.37. The number of ether oxygens (including phenoxy) is 1. The molecule has 2 unspecified atom stereocenters. The van der Waals surface area contributed by atoms with Crippen molar-refractivity contribution in [3.05, 3.63) is 63.0 Å². The van der Waals surface area contributed by atoms with E-state index in [0.717, 1.165) is 42.8 Å². The van der Waals surface area contributed by atoms with Gasteiger partial charge in [-0.3, -0.25) is 9.59 Å². The Hall–Kier alpha value is -3.43. The summed E-state index contributed by atoms with van der Waals surface area (Å²) in [4.78, 5) is 42.1. The van der Waals surface area contributed by atoms with Crippen molar-refractivity contribution in [1.29, 1.82) is 0 Å². The molecule has 10 heteroatoms. The van der Waals surface area contributed by atoms with Gasteiger partial charge in [0.15, 0.2) is 11.4 Å². The van der Waals surface area contributed by atoms with Crippen LogP contribution in [-0.4, -0.2) is 65.2 Å². The number of hydrogen-bond acceptors (Lipinski definition) is 7. The first-order valence-corrected chi connectivity index (χ1v) is 15.2. The van der Waals surface area contributed by atoms with Crippen LogP contribution in [0, 0.1) is 5.92 Å². The molecule has 0 aromatic carbocycles. The standard InChI is InChI=1S/C32H40ClN5O4/c1-5-9-23-25(6-2)42-29-28(23)35-26(36-30(29)37-13-7-8-14-37)10-16-41-17-11-27(39)38-15-12-32(4,21(3)20-38)24-18-22(33)19-34-31(24)40/h5-6,9,18-19,21H,2,7-8,10-17,20H2,1,3-4H3,(H,34,40)/b9-5-. The van der Waals surface area contributed by atoms with Crippen LogP contribution in [-0.2, 0) is 21.4 Å². The summed E-state index contributed by atoms with van der Waals surface area (Å²) in [5.41, 5.74) is 2.60. The van der Waals surface area contributed by atoms with Gasteiger partial charge in [-0.05, 0) is 44.2 Å². The normalized spacial score (nSPS) is 21.1. The van der Waals surface area contributed by atoms with Crippen molar-refractivity contribution in [3.8, 4) is 0 Å². The second kappa shape index (κ2) is 12.8. The molecule has 42 heavy (non-hydrogen) atoms. The van der Waals surface area contributed by atoms with Gasteiger partial charge >= 0.3 is 0 Å². The second-order valence-electron chi connectivity index (χ2n) is 11.5. The molecular weight excluding hydrogens is 554 g/mol. The van der Waals surface area contributed by atoms with E-state index >= 15 is 0 Å². The molecule has 5 heterocycles. The Kier molecular flexibility index (Phi) is 9.18. The molecule has 5 rings (SSSR count). The molecule has 0 spiro atoms. The quantitative estimate of drug-likeness (QED) is 0.304. The van der Waals surface area contributed by atoms with Gasteiger partial charge in [0.1, 0.15) is 17.1 Å². The van der Waals surface area contributed by atoms with E-state index in [9.17, 15) is 9.59 Å². The lowest BCUT2D eigenvalue weighted by Gasteiger charge is -2.44. The van der Waals surface area contributed by atoms with Crippen LogP contribution in [0.15, 0.2) is 34.1 Å². The topological polar surface area (TPSA) is 105 Å². The smallest absolute Gasteiger partial charge is 0.251 e. The number of rotatable bonds is 10. The molecule has 2 aliphatic rings. The average molecular weight is 594 g/mol. The van der Waals surface area contributed by atoms with Crippen molar-refractivity contribution in [2.45, 2.75) is 58.3 Å². The molecule has 2 fully saturated rings. The van der Waals surface area contributed by atoms with Gasteiger partial charge in [0, 0.05) is 55.3 Å². The zero-order chi connectivity index (χ0) is 29.9. The van der Waals surface area contributed by atoms with Gasteiger partial charge in [0.05, 0.1) is 24.7 Å². The van der Waals surface area contributed by atoms with Crippen molar-refractivity contribution in [2.24, 2.45) is 5.92 Å². The first kappa shape index (κ1) is 30.0. The number of carbonyl (C=O) groups excluding carboxylic acids is 1. The summed E-state index contributed by atoms with van der Waals surface area (Å²) in [6.07, 6.45) is 11.0. The number of fused-ring (bicyclic) bond motifs is 1. The highest BCUT2D eigenvalue weighted by atomic mass is 35.5. The lowest BCUT2D eigenvalue weighted by molar-refractivity contribution is -0.135. The minimum Gasteiger partial charge on any atom is -0.450 e. The number of anilines is 1. The van der Waals surface area contributed by atoms with Gasteiger partial charge in [0.25, 0.3) is 5.56 Å².